The van der Waals surface area contributed by atoms with E-state index in [1.165, 1.54) is 13.1 Å². The van der Waals surface area contributed by atoms with E-state index in [2.05, 4.69) is 4.98 Å². The molecule has 0 saturated carbocycles. The number of nitrogens with zero attached hydrogens (tertiary/aromatic N) is 2. The number of hydrogen-bond acceptors (Lipinski definition) is 7. The number of aliphatic hydroxyl groups excluding tert-OH is 3. The predicted octanol–water partition coefficient (Wildman–Crippen LogP) is -1.86. The quantitative estimate of drug-likeness (QED) is 0.496. The Morgan fingerprint density at radius 3 is 2.74 bits per heavy atom. The molecule has 0 aliphatic carbocycles. The molecule has 4 atom stereocenters. The van der Waals surface area contributed by atoms with Gasteiger partial charge in [0.1, 0.15) is 23.6 Å². The van der Waals surface area contributed by atoms with Crippen LogP contribution in [0.2, 0.25) is 0 Å². The monoisotopic (exact) mass is 271 g/mol. The Labute approximate surface area is 109 Å². The summed E-state index contributed by atoms with van der Waals surface area (Å²) >= 11 is 0. The van der Waals surface area contributed by atoms with Crippen molar-refractivity contribution in [2.24, 2.45) is 0 Å². The lowest BCUT2D eigenvalue weighted by Gasteiger charge is -2.24. The molecule has 2 heterocycles. The van der Waals surface area contributed by atoms with Crippen LogP contribution in [0.1, 0.15) is 18.7 Å². The van der Waals surface area contributed by atoms with Crippen molar-refractivity contribution >= 4 is 5.82 Å². The van der Waals surface area contributed by atoms with Crippen LogP contribution in [-0.4, -0.2) is 49.3 Å². The van der Waals surface area contributed by atoms with Crippen molar-refractivity contribution in [1.29, 1.82) is 0 Å². The lowest BCUT2D eigenvalue weighted by atomic mass is 9.99. The predicted molar refractivity (Wildman–Crippen MR) is 65.3 cm³/mol. The molecule has 2 rings (SSSR count). The highest BCUT2D eigenvalue weighted by Crippen LogP contribution is 2.36. The van der Waals surface area contributed by atoms with Crippen molar-refractivity contribution in [3.05, 3.63) is 22.2 Å². The van der Waals surface area contributed by atoms with Gasteiger partial charge in [-0.1, -0.05) is 0 Å². The van der Waals surface area contributed by atoms with Gasteiger partial charge in [0.25, 0.3) is 0 Å². The van der Waals surface area contributed by atoms with E-state index in [4.69, 9.17) is 10.5 Å². The highest BCUT2D eigenvalue weighted by Gasteiger charge is 2.51. The molecule has 1 aromatic rings. The third-order valence-electron chi connectivity index (χ3n) is 3.39. The zero-order valence-corrected chi connectivity index (χ0v) is 10.6. The number of anilines is 1. The number of nitrogen functional groups attached to an aromatic ring is 1. The summed E-state index contributed by atoms with van der Waals surface area (Å²) in [6.45, 7) is 2.61. The SMILES string of the molecule is Cc1cn([C@@H]2O[C@](C)(CO)[C@@H](O)[C@H]2O)c(=O)nc1N. The summed E-state index contributed by atoms with van der Waals surface area (Å²) in [5.74, 6) is 0.0965. The van der Waals surface area contributed by atoms with E-state index >= 15 is 0 Å². The Morgan fingerprint density at radius 1 is 1.58 bits per heavy atom. The minimum absolute atomic E-state index is 0.0965. The fourth-order valence-corrected chi connectivity index (χ4v) is 2.05. The summed E-state index contributed by atoms with van der Waals surface area (Å²) in [6.07, 6.45) is -2.38. The Bertz CT molecular complexity index is 546. The zero-order chi connectivity index (χ0) is 14.4. The van der Waals surface area contributed by atoms with Gasteiger partial charge in [-0.05, 0) is 13.8 Å². The van der Waals surface area contributed by atoms with Crippen molar-refractivity contribution in [3.8, 4) is 0 Å². The van der Waals surface area contributed by atoms with Crippen LogP contribution in [0, 0.1) is 6.92 Å². The molecular formula is C11H17N3O5. The van der Waals surface area contributed by atoms with Crippen LogP contribution >= 0.6 is 0 Å². The minimum atomic E-state index is -1.35. The van der Waals surface area contributed by atoms with Crippen molar-refractivity contribution in [1.82, 2.24) is 9.55 Å². The first-order valence-corrected chi connectivity index (χ1v) is 5.80. The number of ether oxygens (including phenoxy) is 1. The van der Waals surface area contributed by atoms with Crippen molar-refractivity contribution in [3.63, 3.8) is 0 Å². The highest BCUT2D eigenvalue weighted by molar-refractivity contribution is 5.35. The normalized spacial score (nSPS) is 34.7. The van der Waals surface area contributed by atoms with E-state index in [-0.39, 0.29) is 5.82 Å². The van der Waals surface area contributed by atoms with E-state index in [1.54, 1.807) is 6.92 Å². The molecule has 0 bridgehead atoms. The Kier molecular flexibility index (Phi) is 3.35. The molecule has 1 fully saturated rings. The molecule has 5 N–H and O–H groups in total. The molecule has 0 amide bonds. The van der Waals surface area contributed by atoms with Gasteiger partial charge in [-0.2, -0.15) is 4.98 Å². The van der Waals surface area contributed by atoms with Gasteiger partial charge < -0.3 is 25.8 Å². The second-order valence-corrected chi connectivity index (χ2v) is 4.91. The van der Waals surface area contributed by atoms with Crippen LogP contribution in [0.3, 0.4) is 0 Å². The van der Waals surface area contributed by atoms with E-state index in [1.807, 2.05) is 0 Å². The summed E-state index contributed by atoms with van der Waals surface area (Å²) in [7, 11) is 0. The van der Waals surface area contributed by atoms with Crippen LogP contribution in [0.4, 0.5) is 5.82 Å². The molecule has 106 valence electrons. The Morgan fingerprint density at radius 2 is 2.21 bits per heavy atom. The molecule has 19 heavy (non-hydrogen) atoms. The largest absolute Gasteiger partial charge is 0.393 e. The molecule has 0 aromatic carbocycles. The average molecular weight is 271 g/mol. The summed E-state index contributed by atoms with van der Waals surface area (Å²) in [5.41, 5.74) is 4.03. The second kappa shape index (κ2) is 4.57. The summed E-state index contributed by atoms with van der Waals surface area (Å²) in [4.78, 5) is 15.4. The number of nitrogens with two attached hydrogens (primary N) is 1. The van der Waals surface area contributed by atoms with Crippen LogP contribution < -0.4 is 11.4 Å². The summed E-state index contributed by atoms with van der Waals surface area (Å²) in [6, 6.07) is 0. The first-order chi connectivity index (χ1) is 8.80. The van der Waals surface area contributed by atoms with Crippen LogP contribution in [0.25, 0.3) is 0 Å². The average Bonchev–Trinajstić information content (AvgIpc) is 2.59. The van der Waals surface area contributed by atoms with Crippen LogP contribution in [0.5, 0.6) is 0 Å². The first-order valence-electron chi connectivity index (χ1n) is 5.80. The summed E-state index contributed by atoms with van der Waals surface area (Å²) < 4.78 is 6.47. The minimum Gasteiger partial charge on any atom is -0.393 e. The van der Waals surface area contributed by atoms with E-state index < -0.39 is 36.3 Å². The number of aryl methyl sites for hydroxylation is 1. The molecule has 0 radical (unpaired) electrons. The van der Waals surface area contributed by atoms with Gasteiger partial charge in [0.2, 0.25) is 0 Å². The maximum absolute atomic E-state index is 11.8. The van der Waals surface area contributed by atoms with Crippen molar-refractivity contribution < 1.29 is 20.1 Å². The molecule has 0 unspecified atom stereocenters. The number of hydrogen-bond donors (Lipinski definition) is 4. The van der Waals surface area contributed by atoms with Crippen LogP contribution in [-0.2, 0) is 4.74 Å². The lowest BCUT2D eigenvalue weighted by molar-refractivity contribution is -0.117. The Balaban J connectivity index is 2.44. The standard InChI is InChI=1S/C11H17N3O5/c1-5-3-14(10(18)13-8(5)12)9-6(16)7(17)11(2,4-15)19-9/h3,6-7,9,15-17H,4H2,1-2H3,(H2,12,13,18)/t6-,7+,9-,11-/m1/s1. The van der Waals surface area contributed by atoms with Gasteiger partial charge in [0, 0.05) is 11.8 Å². The maximum atomic E-state index is 11.8. The maximum Gasteiger partial charge on any atom is 0.351 e. The molecule has 1 aromatic heterocycles. The lowest BCUT2D eigenvalue weighted by Crippen LogP contribution is -2.43. The molecule has 1 aliphatic rings. The van der Waals surface area contributed by atoms with E-state index in [0.29, 0.717) is 5.56 Å². The van der Waals surface area contributed by atoms with Crippen LogP contribution in [0.15, 0.2) is 11.0 Å². The molecule has 8 nitrogen and oxygen atoms in total. The topological polar surface area (TPSA) is 131 Å². The first kappa shape index (κ1) is 13.9. The number of aromatic nitrogens is 2. The van der Waals surface area contributed by atoms with Gasteiger partial charge in [-0.3, -0.25) is 4.57 Å². The zero-order valence-electron chi connectivity index (χ0n) is 10.6. The number of aliphatic hydroxyl groups is 3. The third kappa shape index (κ3) is 2.12. The van der Waals surface area contributed by atoms with E-state index in [9.17, 15) is 20.1 Å². The molecular weight excluding hydrogens is 254 g/mol. The van der Waals surface area contributed by atoms with Crippen molar-refractivity contribution in [2.75, 3.05) is 12.3 Å². The smallest absolute Gasteiger partial charge is 0.351 e. The van der Waals surface area contributed by atoms with Gasteiger partial charge in [-0.25, -0.2) is 4.79 Å². The van der Waals surface area contributed by atoms with Gasteiger partial charge in [-0.15, -0.1) is 0 Å². The van der Waals surface area contributed by atoms with Crippen molar-refractivity contribution in [2.45, 2.75) is 37.9 Å². The highest BCUT2D eigenvalue weighted by atomic mass is 16.6. The molecule has 1 saturated heterocycles. The fourth-order valence-electron chi connectivity index (χ4n) is 2.05. The van der Waals surface area contributed by atoms with Gasteiger partial charge in [0.15, 0.2) is 6.23 Å². The molecule has 8 heteroatoms. The third-order valence-corrected chi connectivity index (χ3v) is 3.39. The Hall–Kier alpha value is -1.48. The molecule has 0 spiro atoms. The second-order valence-electron chi connectivity index (χ2n) is 4.91. The summed E-state index contributed by atoms with van der Waals surface area (Å²) in [5, 5.41) is 29.1. The fraction of sp³-hybridized carbons (Fsp3) is 0.636. The van der Waals surface area contributed by atoms with E-state index in [0.717, 1.165) is 4.57 Å². The van der Waals surface area contributed by atoms with Gasteiger partial charge in [0.05, 0.1) is 6.61 Å². The number of rotatable bonds is 2. The van der Waals surface area contributed by atoms with Gasteiger partial charge >= 0.3 is 5.69 Å². The molecule has 1 aliphatic heterocycles.